The van der Waals surface area contributed by atoms with Gasteiger partial charge in [0.25, 0.3) is 5.91 Å². The topological polar surface area (TPSA) is 97.2 Å². The lowest BCUT2D eigenvalue weighted by atomic mass is 10.2. The fourth-order valence-electron chi connectivity index (χ4n) is 2.16. The van der Waals surface area contributed by atoms with Gasteiger partial charge in [-0.3, -0.25) is 4.79 Å². The molecular weight excluding hydrogens is 374 g/mol. The number of hydrogen-bond acceptors (Lipinski definition) is 6. The summed E-state index contributed by atoms with van der Waals surface area (Å²) in [5.74, 6) is -0.316. The fraction of sp³-hybridized carbons (Fsp3) is 0.188. The first kappa shape index (κ1) is 18.2. The van der Waals surface area contributed by atoms with E-state index < -0.39 is 10.0 Å². The maximum atomic E-state index is 12.2. The van der Waals surface area contributed by atoms with Gasteiger partial charge in [-0.1, -0.05) is 5.21 Å². The molecule has 10 heteroatoms. The van der Waals surface area contributed by atoms with Gasteiger partial charge in [0.1, 0.15) is 5.69 Å². The molecule has 0 aliphatic carbocycles. The van der Waals surface area contributed by atoms with Crippen molar-refractivity contribution < 1.29 is 13.2 Å². The van der Waals surface area contributed by atoms with Crippen molar-refractivity contribution in [2.24, 2.45) is 0 Å². The molecule has 0 bridgehead atoms. The van der Waals surface area contributed by atoms with E-state index in [1.54, 1.807) is 22.2 Å². The molecule has 0 saturated carbocycles. The van der Waals surface area contributed by atoms with E-state index in [9.17, 15) is 13.2 Å². The van der Waals surface area contributed by atoms with Gasteiger partial charge >= 0.3 is 0 Å². The summed E-state index contributed by atoms with van der Waals surface area (Å²) >= 11 is 1.56. The van der Waals surface area contributed by atoms with Crippen molar-refractivity contribution in [1.29, 1.82) is 0 Å². The van der Waals surface area contributed by atoms with Gasteiger partial charge in [0, 0.05) is 25.0 Å². The lowest BCUT2D eigenvalue weighted by Gasteiger charge is -2.11. The summed E-state index contributed by atoms with van der Waals surface area (Å²) in [6.45, 7) is 0.223. The minimum Gasteiger partial charge on any atom is -0.346 e. The Bertz CT molecular complexity index is 993. The predicted molar refractivity (Wildman–Crippen MR) is 97.7 cm³/mol. The highest BCUT2D eigenvalue weighted by Crippen LogP contribution is 2.14. The molecule has 0 spiro atoms. The van der Waals surface area contributed by atoms with Gasteiger partial charge in [-0.25, -0.2) is 17.4 Å². The first-order chi connectivity index (χ1) is 12.4. The SMILES string of the molecule is CN(C)S(=O)(=O)c1ccc(C(=O)NCc2cn(-c3ccsc3)nn2)cc1. The van der Waals surface area contributed by atoms with E-state index in [1.165, 1.54) is 38.4 Å². The third-order valence-corrected chi connectivity index (χ3v) is 6.14. The smallest absolute Gasteiger partial charge is 0.251 e. The van der Waals surface area contributed by atoms with E-state index in [2.05, 4.69) is 15.6 Å². The first-order valence-corrected chi connectivity index (χ1v) is 10.0. The molecule has 0 aliphatic rings. The summed E-state index contributed by atoms with van der Waals surface area (Å²) in [5, 5.41) is 14.7. The van der Waals surface area contributed by atoms with Gasteiger partial charge in [-0.2, -0.15) is 11.3 Å². The predicted octanol–water partition coefficient (Wildman–Crippen LogP) is 1.51. The maximum absolute atomic E-state index is 12.2. The molecule has 3 rings (SSSR count). The van der Waals surface area contributed by atoms with Crippen molar-refractivity contribution >= 4 is 27.3 Å². The number of carbonyl (C=O) groups is 1. The molecule has 0 aliphatic heterocycles. The Morgan fingerprint density at radius 3 is 2.58 bits per heavy atom. The quantitative estimate of drug-likeness (QED) is 0.687. The summed E-state index contributed by atoms with van der Waals surface area (Å²) in [5.41, 5.74) is 1.90. The molecule has 1 amide bonds. The molecule has 3 aromatic rings. The minimum absolute atomic E-state index is 0.137. The molecule has 1 N–H and O–H groups in total. The molecule has 2 heterocycles. The highest BCUT2D eigenvalue weighted by molar-refractivity contribution is 7.89. The van der Waals surface area contributed by atoms with Gasteiger partial charge in [-0.05, 0) is 35.7 Å². The first-order valence-electron chi connectivity index (χ1n) is 7.62. The highest BCUT2D eigenvalue weighted by Gasteiger charge is 2.17. The van der Waals surface area contributed by atoms with Crippen LogP contribution in [0.5, 0.6) is 0 Å². The summed E-state index contributed by atoms with van der Waals surface area (Å²) in [7, 11) is -0.597. The Balaban J connectivity index is 1.64. The van der Waals surface area contributed by atoms with Gasteiger partial charge in [0.2, 0.25) is 10.0 Å². The normalized spacial score (nSPS) is 11.7. The highest BCUT2D eigenvalue weighted by atomic mass is 32.2. The second kappa shape index (κ2) is 7.36. The number of nitrogens with zero attached hydrogens (tertiary/aromatic N) is 4. The van der Waals surface area contributed by atoms with E-state index in [0.29, 0.717) is 11.3 Å². The largest absolute Gasteiger partial charge is 0.346 e. The van der Waals surface area contributed by atoms with Gasteiger partial charge in [0.05, 0.1) is 23.3 Å². The van der Waals surface area contributed by atoms with Crippen LogP contribution in [0.25, 0.3) is 5.69 Å². The Morgan fingerprint density at radius 2 is 1.96 bits per heavy atom. The van der Waals surface area contributed by atoms with Crippen LogP contribution in [-0.4, -0.2) is 47.7 Å². The van der Waals surface area contributed by atoms with E-state index in [4.69, 9.17) is 0 Å². The zero-order valence-electron chi connectivity index (χ0n) is 14.2. The Kier molecular flexibility index (Phi) is 5.16. The van der Waals surface area contributed by atoms with Crippen LogP contribution in [0.4, 0.5) is 0 Å². The van der Waals surface area contributed by atoms with E-state index >= 15 is 0 Å². The molecule has 136 valence electrons. The van der Waals surface area contributed by atoms with E-state index in [0.717, 1.165) is 9.99 Å². The van der Waals surface area contributed by atoms with E-state index in [-0.39, 0.29) is 17.3 Å². The summed E-state index contributed by atoms with van der Waals surface area (Å²) in [6.07, 6.45) is 1.75. The Labute approximate surface area is 155 Å². The molecule has 0 radical (unpaired) electrons. The van der Waals surface area contributed by atoms with Crippen LogP contribution >= 0.6 is 11.3 Å². The van der Waals surface area contributed by atoms with Gasteiger partial charge in [-0.15, -0.1) is 5.10 Å². The molecule has 0 atom stereocenters. The summed E-state index contributed by atoms with van der Waals surface area (Å²) < 4.78 is 26.8. The van der Waals surface area contributed by atoms with Crippen LogP contribution in [0, 0.1) is 0 Å². The molecule has 0 unspecified atom stereocenters. The van der Waals surface area contributed by atoms with Crippen molar-refractivity contribution in [1.82, 2.24) is 24.6 Å². The molecule has 2 aromatic heterocycles. The lowest BCUT2D eigenvalue weighted by Crippen LogP contribution is -2.24. The van der Waals surface area contributed by atoms with Crippen LogP contribution in [0.3, 0.4) is 0 Å². The number of benzene rings is 1. The van der Waals surface area contributed by atoms with Crippen molar-refractivity contribution in [3.8, 4) is 5.69 Å². The van der Waals surface area contributed by atoms with Crippen LogP contribution in [-0.2, 0) is 16.6 Å². The third kappa shape index (κ3) is 3.82. The summed E-state index contributed by atoms with van der Waals surface area (Å²) in [6, 6.07) is 7.71. The van der Waals surface area contributed by atoms with Crippen LogP contribution < -0.4 is 5.32 Å². The lowest BCUT2D eigenvalue weighted by molar-refractivity contribution is 0.0950. The molecular formula is C16H17N5O3S2. The van der Waals surface area contributed by atoms with Crippen LogP contribution in [0.15, 0.2) is 52.2 Å². The molecule has 0 saturated heterocycles. The number of sulfonamides is 1. The van der Waals surface area contributed by atoms with Gasteiger partial charge < -0.3 is 5.32 Å². The standard InChI is InChI=1S/C16H17N5O3S2/c1-20(2)26(23,24)15-5-3-12(4-6-15)16(22)17-9-13-10-21(19-18-13)14-7-8-25-11-14/h3-8,10-11H,9H2,1-2H3,(H,17,22). The molecule has 26 heavy (non-hydrogen) atoms. The third-order valence-electron chi connectivity index (χ3n) is 3.64. The second-order valence-electron chi connectivity index (χ2n) is 5.63. The maximum Gasteiger partial charge on any atom is 0.251 e. The van der Waals surface area contributed by atoms with Crippen LogP contribution in [0.2, 0.25) is 0 Å². The second-order valence-corrected chi connectivity index (χ2v) is 8.56. The fourth-order valence-corrected chi connectivity index (χ4v) is 3.68. The number of nitrogens with one attached hydrogen (secondary N) is 1. The van der Waals surface area contributed by atoms with E-state index in [1.807, 2.05) is 16.8 Å². The van der Waals surface area contributed by atoms with Crippen molar-refractivity contribution in [3.05, 3.63) is 58.5 Å². The average molecular weight is 391 g/mol. The number of amides is 1. The minimum atomic E-state index is -3.51. The number of hydrogen-bond donors (Lipinski definition) is 1. The number of aromatic nitrogens is 3. The van der Waals surface area contributed by atoms with Crippen molar-refractivity contribution in [3.63, 3.8) is 0 Å². The molecule has 1 aromatic carbocycles. The summed E-state index contributed by atoms with van der Waals surface area (Å²) in [4.78, 5) is 12.4. The number of carbonyl (C=O) groups excluding carboxylic acids is 1. The number of thiophene rings is 1. The zero-order valence-corrected chi connectivity index (χ0v) is 15.8. The molecule has 0 fully saturated rings. The Morgan fingerprint density at radius 1 is 1.23 bits per heavy atom. The zero-order chi connectivity index (χ0) is 18.7. The monoisotopic (exact) mass is 391 g/mol. The van der Waals surface area contributed by atoms with Gasteiger partial charge in [0.15, 0.2) is 0 Å². The average Bonchev–Trinajstić information content (AvgIpc) is 3.31. The van der Waals surface area contributed by atoms with Crippen LogP contribution in [0.1, 0.15) is 16.1 Å². The van der Waals surface area contributed by atoms with Crippen molar-refractivity contribution in [2.75, 3.05) is 14.1 Å². The van der Waals surface area contributed by atoms with Crippen molar-refractivity contribution in [2.45, 2.75) is 11.4 Å². The number of rotatable bonds is 6. The molecule has 8 nitrogen and oxygen atoms in total. The Hall–Kier alpha value is -2.56.